The van der Waals surface area contributed by atoms with Crippen LogP contribution >= 0.6 is 0 Å². The number of amides is 1. The Morgan fingerprint density at radius 3 is 2.67 bits per heavy atom. The minimum Gasteiger partial charge on any atom is -0.468 e. The van der Waals surface area contributed by atoms with Gasteiger partial charge in [-0.15, -0.1) is 0 Å². The van der Waals surface area contributed by atoms with Crippen LogP contribution in [0, 0.1) is 11.6 Å². The molecule has 128 valence electrons. The maximum atomic E-state index is 13.5. The number of nitrogens with zero attached hydrogens (tertiary/aromatic N) is 1. The maximum absolute atomic E-state index is 13.5. The zero-order chi connectivity index (χ0) is 17.7. The van der Waals surface area contributed by atoms with Crippen molar-refractivity contribution in [3.8, 4) is 5.88 Å². The lowest BCUT2D eigenvalue weighted by Crippen LogP contribution is -2.25. The molecule has 0 saturated heterocycles. The zero-order valence-corrected chi connectivity index (χ0v) is 12.0. The van der Waals surface area contributed by atoms with Crippen LogP contribution in [0.25, 0.3) is 0 Å². The van der Waals surface area contributed by atoms with Crippen LogP contribution in [0.5, 0.6) is 5.88 Å². The first-order chi connectivity index (χ1) is 11.3. The number of nitrogens with one attached hydrogen (secondary N) is 1. The highest BCUT2D eigenvalue weighted by Gasteiger charge is 2.29. The van der Waals surface area contributed by atoms with Gasteiger partial charge in [-0.05, 0) is 24.3 Å². The molecule has 0 atom stereocenters. The molecular formula is C15H11F5N2O2. The lowest BCUT2D eigenvalue weighted by atomic mass is 10.2. The highest BCUT2D eigenvalue weighted by atomic mass is 19.4. The molecule has 4 nitrogen and oxygen atoms in total. The van der Waals surface area contributed by atoms with Crippen LogP contribution in [0.4, 0.5) is 22.0 Å². The normalized spacial score (nSPS) is 11.2. The van der Waals surface area contributed by atoms with Gasteiger partial charge in [0.25, 0.3) is 5.91 Å². The van der Waals surface area contributed by atoms with Crippen LogP contribution in [-0.2, 0) is 6.54 Å². The third-order valence-corrected chi connectivity index (χ3v) is 2.83. The summed E-state index contributed by atoms with van der Waals surface area (Å²) in [6, 6.07) is 5.20. The summed E-state index contributed by atoms with van der Waals surface area (Å²) in [7, 11) is 0. The third kappa shape index (κ3) is 4.90. The van der Waals surface area contributed by atoms with Crippen molar-refractivity contribution >= 4 is 5.91 Å². The fourth-order valence-corrected chi connectivity index (χ4v) is 1.78. The molecule has 0 bridgehead atoms. The first-order valence-corrected chi connectivity index (χ1v) is 6.63. The van der Waals surface area contributed by atoms with Gasteiger partial charge < -0.3 is 10.1 Å². The Labute approximate surface area is 133 Å². The summed E-state index contributed by atoms with van der Waals surface area (Å²) in [5.41, 5.74) is -0.358. The fourth-order valence-electron chi connectivity index (χ4n) is 1.78. The van der Waals surface area contributed by atoms with Crippen LogP contribution in [0.2, 0.25) is 0 Å². The van der Waals surface area contributed by atoms with E-state index >= 15 is 0 Å². The Balaban J connectivity index is 2.06. The molecule has 0 aliphatic heterocycles. The molecule has 0 unspecified atom stereocenters. The van der Waals surface area contributed by atoms with Crippen LogP contribution in [0.15, 0.2) is 36.5 Å². The first-order valence-electron chi connectivity index (χ1n) is 6.63. The molecule has 24 heavy (non-hydrogen) atoms. The number of hydrogen-bond donors (Lipinski definition) is 1. The van der Waals surface area contributed by atoms with E-state index in [2.05, 4.69) is 15.0 Å². The van der Waals surface area contributed by atoms with Crippen LogP contribution < -0.4 is 10.1 Å². The summed E-state index contributed by atoms with van der Waals surface area (Å²) in [6.45, 7) is -1.81. The Morgan fingerprint density at radius 1 is 1.21 bits per heavy atom. The number of rotatable bonds is 5. The molecule has 0 aliphatic carbocycles. The summed E-state index contributed by atoms with van der Waals surface area (Å²) in [5.74, 6) is -2.95. The van der Waals surface area contributed by atoms with Gasteiger partial charge in [0.1, 0.15) is 11.6 Å². The van der Waals surface area contributed by atoms with Gasteiger partial charge in [0.05, 0.1) is 5.56 Å². The van der Waals surface area contributed by atoms with Gasteiger partial charge in [0.2, 0.25) is 5.88 Å². The Morgan fingerprint density at radius 2 is 1.96 bits per heavy atom. The maximum Gasteiger partial charge on any atom is 0.422 e. The standard InChI is InChI=1S/C15H11F5N2O2/c16-10-3-4-12(17)11(6-10)13(23)22-7-9-2-1-5-21-14(9)24-8-15(18,19)20/h1-6H,7-8H2,(H,22,23). The quantitative estimate of drug-likeness (QED) is 0.846. The zero-order valence-electron chi connectivity index (χ0n) is 12.0. The molecule has 1 aromatic heterocycles. The summed E-state index contributed by atoms with van der Waals surface area (Å²) < 4.78 is 67.7. The number of pyridine rings is 1. The summed E-state index contributed by atoms with van der Waals surface area (Å²) in [6.07, 6.45) is -3.31. The van der Waals surface area contributed by atoms with Gasteiger partial charge in [-0.1, -0.05) is 6.07 Å². The number of carbonyl (C=O) groups excluding carboxylic acids is 1. The van der Waals surface area contributed by atoms with E-state index in [1.165, 1.54) is 18.3 Å². The van der Waals surface area contributed by atoms with Crippen molar-refractivity contribution in [3.63, 3.8) is 0 Å². The van der Waals surface area contributed by atoms with Gasteiger partial charge in [-0.25, -0.2) is 13.8 Å². The molecule has 2 rings (SSSR count). The molecule has 2 aromatic rings. The van der Waals surface area contributed by atoms with Crippen molar-refractivity contribution in [1.82, 2.24) is 10.3 Å². The van der Waals surface area contributed by atoms with Crippen molar-refractivity contribution in [2.45, 2.75) is 12.7 Å². The van der Waals surface area contributed by atoms with Crippen molar-refractivity contribution in [2.75, 3.05) is 6.61 Å². The molecule has 0 saturated carbocycles. The van der Waals surface area contributed by atoms with Crippen molar-refractivity contribution < 1.29 is 31.5 Å². The molecule has 1 amide bonds. The van der Waals surface area contributed by atoms with E-state index in [9.17, 15) is 26.7 Å². The van der Waals surface area contributed by atoms with Crippen LogP contribution in [0.3, 0.4) is 0 Å². The van der Waals surface area contributed by atoms with E-state index in [1.54, 1.807) is 0 Å². The number of benzene rings is 1. The molecule has 9 heteroatoms. The Hall–Kier alpha value is -2.71. The van der Waals surface area contributed by atoms with Gasteiger partial charge in [-0.3, -0.25) is 4.79 Å². The topological polar surface area (TPSA) is 51.2 Å². The SMILES string of the molecule is O=C(NCc1cccnc1OCC(F)(F)F)c1cc(F)ccc1F. The number of aromatic nitrogens is 1. The number of alkyl halides is 3. The highest BCUT2D eigenvalue weighted by molar-refractivity contribution is 5.94. The summed E-state index contributed by atoms with van der Waals surface area (Å²) in [5, 5.41) is 2.27. The lowest BCUT2D eigenvalue weighted by Gasteiger charge is -2.12. The van der Waals surface area contributed by atoms with E-state index in [0.717, 1.165) is 18.2 Å². The summed E-state index contributed by atoms with van der Waals surface area (Å²) >= 11 is 0. The smallest absolute Gasteiger partial charge is 0.422 e. The third-order valence-electron chi connectivity index (χ3n) is 2.83. The number of carbonyl (C=O) groups is 1. The van der Waals surface area contributed by atoms with Gasteiger partial charge in [0.15, 0.2) is 6.61 Å². The second-order valence-electron chi connectivity index (χ2n) is 4.68. The second kappa shape index (κ2) is 7.24. The average Bonchev–Trinajstić information content (AvgIpc) is 2.53. The minimum atomic E-state index is -4.54. The van der Waals surface area contributed by atoms with Crippen molar-refractivity contribution in [3.05, 3.63) is 59.3 Å². The van der Waals surface area contributed by atoms with Gasteiger partial charge in [-0.2, -0.15) is 13.2 Å². The van der Waals surface area contributed by atoms with E-state index in [0.29, 0.717) is 0 Å². The molecule has 0 fully saturated rings. The molecule has 1 heterocycles. The Bertz CT molecular complexity index is 734. The van der Waals surface area contributed by atoms with Crippen molar-refractivity contribution in [1.29, 1.82) is 0 Å². The molecule has 0 radical (unpaired) electrons. The molecule has 0 spiro atoms. The fraction of sp³-hybridized carbons (Fsp3) is 0.200. The average molecular weight is 346 g/mol. The first kappa shape index (κ1) is 17.6. The largest absolute Gasteiger partial charge is 0.468 e. The molecule has 1 aromatic carbocycles. The predicted octanol–water partition coefficient (Wildman–Crippen LogP) is 3.23. The van der Waals surface area contributed by atoms with Crippen molar-refractivity contribution in [2.24, 2.45) is 0 Å². The van der Waals surface area contributed by atoms with Gasteiger partial charge in [0, 0.05) is 18.3 Å². The number of hydrogen-bond acceptors (Lipinski definition) is 3. The van der Waals surface area contributed by atoms with E-state index in [1.807, 2.05) is 0 Å². The number of ether oxygens (including phenoxy) is 1. The molecule has 0 aliphatic rings. The second-order valence-corrected chi connectivity index (χ2v) is 4.68. The number of halogens is 5. The minimum absolute atomic E-state index is 0.159. The lowest BCUT2D eigenvalue weighted by molar-refractivity contribution is -0.154. The predicted molar refractivity (Wildman–Crippen MR) is 73.3 cm³/mol. The highest BCUT2D eigenvalue weighted by Crippen LogP contribution is 2.20. The van der Waals surface area contributed by atoms with Gasteiger partial charge >= 0.3 is 6.18 Å². The van der Waals surface area contributed by atoms with Crippen LogP contribution in [0.1, 0.15) is 15.9 Å². The summed E-state index contributed by atoms with van der Waals surface area (Å²) in [4.78, 5) is 15.5. The van der Waals surface area contributed by atoms with E-state index in [-0.39, 0.29) is 18.0 Å². The molecule has 1 N–H and O–H groups in total. The van der Waals surface area contributed by atoms with Crippen LogP contribution in [-0.4, -0.2) is 23.7 Å². The Kier molecular flexibility index (Phi) is 5.32. The van der Waals surface area contributed by atoms with E-state index < -0.39 is 35.9 Å². The molecular weight excluding hydrogens is 335 g/mol. The van der Waals surface area contributed by atoms with E-state index in [4.69, 9.17) is 0 Å². The monoisotopic (exact) mass is 346 g/mol.